The number of rotatable bonds is 3. The second-order valence-electron chi connectivity index (χ2n) is 6.12. The first-order valence-electron chi connectivity index (χ1n) is 7.79. The molecule has 1 N–H and O–H groups in total. The number of alkyl halides is 3. The van der Waals surface area contributed by atoms with E-state index in [1.165, 1.54) is 6.07 Å². The maximum absolute atomic E-state index is 13.5. The summed E-state index contributed by atoms with van der Waals surface area (Å²) in [6, 6.07) is 3.92. The average molecular weight is 369 g/mol. The summed E-state index contributed by atoms with van der Waals surface area (Å²) >= 11 is 6.23. The van der Waals surface area contributed by atoms with E-state index in [-0.39, 0.29) is 35.0 Å². The first-order valence-corrected chi connectivity index (χ1v) is 8.16. The van der Waals surface area contributed by atoms with Gasteiger partial charge in [0.25, 0.3) is 0 Å². The van der Waals surface area contributed by atoms with Gasteiger partial charge in [-0.25, -0.2) is 0 Å². The van der Waals surface area contributed by atoms with Crippen LogP contribution < -0.4 is 5.32 Å². The molecule has 0 aromatic heterocycles. The van der Waals surface area contributed by atoms with Gasteiger partial charge in [0.2, 0.25) is 0 Å². The Hall–Kier alpha value is -0.490. The quantitative estimate of drug-likeness (QED) is 0.843. The second kappa shape index (κ2) is 7.60. The van der Waals surface area contributed by atoms with E-state index in [9.17, 15) is 13.2 Å². The second-order valence-corrected chi connectivity index (χ2v) is 6.53. The molecule has 0 unspecified atom stereocenters. The monoisotopic (exact) mass is 368 g/mol. The normalized spacial score (nSPS) is 21.4. The van der Waals surface area contributed by atoms with Crippen molar-refractivity contribution in [2.45, 2.75) is 31.5 Å². The molecule has 0 bridgehead atoms. The number of hydrogen-bond donors (Lipinski definition) is 1. The molecule has 0 amide bonds. The minimum atomic E-state index is -4.36. The Morgan fingerprint density at radius 1 is 1.17 bits per heavy atom. The maximum Gasteiger partial charge on any atom is 0.416 e. The molecule has 2 aliphatic rings. The summed E-state index contributed by atoms with van der Waals surface area (Å²) in [7, 11) is 0. The van der Waals surface area contributed by atoms with Crippen molar-refractivity contribution < 1.29 is 13.2 Å². The van der Waals surface area contributed by atoms with E-state index in [2.05, 4.69) is 10.2 Å². The molecular formula is C16H21Cl2F3N2. The van der Waals surface area contributed by atoms with E-state index >= 15 is 0 Å². The van der Waals surface area contributed by atoms with Crippen LogP contribution in [-0.2, 0) is 6.18 Å². The van der Waals surface area contributed by atoms with Gasteiger partial charge in [0.15, 0.2) is 0 Å². The molecule has 1 heterocycles. The van der Waals surface area contributed by atoms with Gasteiger partial charge in [-0.1, -0.05) is 24.1 Å². The smallest absolute Gasteiger partial charge is 0.314 e. The zero-order valence-corrected chi connectivity index (χ0v) is 14.3. The Morgan fingerprint density at radius 3 is 2.35 bits per heavy atom. The van der Waals surface area contributed by atoms with Crippen molar-refractivity contribution in [3.8, 4) is 0 Å². The molecular weight excluding hydrogens is 348 g/mol. The summed E-state index contributed by atoms with van der Waals surface area (Å²) < 4.78 is 40.4. The lowest BCUT2D eigenvalue weighted by Crippen LogP contribution is -2.48. The fourth-order valence-electron chi connectivity index (χ4n) is 3.52. The SMILES string of the molecule is Cl.FC(F)(F)c1cccc(Cl)c1[C@H](C1CCC1)N1CCNCC1. The minimum absolute atomic E-state index is 0. The Kier molecular flexibility index (Phi) is 6.22. The minimum Gasteiger partial charge on any atom is -0.314 e. The van der Waals surface area contributed by atoms with Crippen LogP contribution in [0.25, 0.3) is 0 Å². The van der Waals surface area contributed by atoms with Crippen LogP contribution in [0.15, 0.2) is 18.2 Å². The Bertz CT molecular complexity index is 527. The highest BCUT2D eigenvalue weighted by Crippen LogP contribution is 2.47. The summed E-state index contributed by atoms with van der Waals surface area (Å²) in [6.45, 7) is 3.16. The Labute approximate surface area is 145 Å². The lowest BCUT2D eigenvalue weighted by molar-refractivity contribution is -0.139. The number of nitrogens with zero attached hydrogens (tertiary/aromatic N) is 1. The lowest BCUT2D eigenvalue weighted by Gasteiger charge is -2.44. The summed E-state index contributed by atoms with van der Waals surface area (Å²) in [6.07, 6.45) is -1.30. The van der Waals surface area contributed by atoms with Gasteiger partial charge >= 0.3 is 6.18 Å². The molecule has 0 radical (unpaired) electrons. The molecule has 0 spiro atoms. The van der Waals surface area contributed by atoms with Crippen molar-refractivity contribution in [1.29, 1.82) is 0 Å². The molecule has 1 saturated heterocycles. The van der Waals surface area contributed by atoms with Crippen LogP contribution in [0.5, 0.6) is 0 Å². The molecule has 1 aliphatic heterocycles. The Morgan fingerprint density at radius 2 is 1.83 bits per heavy atom. The van der Waals surface area contributed by atoms with Crippen LogP contribution in [0.2, 0.25) is 5.02 Å². The van der Waals surface area contributed by atoms with Gasteiger partial charge in [-0.05, 0) is 30.9 Å². The summed E-state index contributed by atoms with van der Waals surface area (Å²) in [5, 5.41) is 3.50. The van der Waals surface area contributed by atoms with Gasteiger partial charge in [0, 0.05) is 42.8 Å². The number of halogens is 5. The van der Waals surface area contributed by atoms with Crippen LogP contribution in [0.4, 0.5) is 13.2 Å². The van der Waals surface area contributed by atoms with Crippen molar-refractivity contribution in [2.24, 2.45) is 5.92 Å². The molecule has 7 heteroatoms. The van der Waals surface area contributed by atoms with E-state index in [0.29, 0.717) is 0 Å². The average Bonchev–Trinajstić information content (AvgIpc) is 2.43. The lowest BCUT2D eigenvalue weighted by atomic mass is 9.75. The van der Waals surface area contributed by atoms with Crippen LogP contribution in [0.3, 0.4) is 0 Å². The molecule has 1 aromatic rings. The van der Waals surface area contributed by atoms with Gasteiger partial charge in [-0.15, -0.1) is 12.4 Å². The standard InChI is InChI=1S/C16H20ClF3N2.ClH/c17-13-6-2-5-12(16(18,19)20)14(13)15(11-3-1-4-11)22-9-7-21-8-10-22;/h2,5-6,11,15,21H,1,3-4,7-10H2;1H/t15-;/m0./s1. The maximum atomic E-state index is 13.5. The van der Waals surface area contributed by atoms with Crippen molar-refractivity contribution in [1.82, 2.24) is 10.2 Å². The van der Waals surface area contributed by atoms with E-state index in [1.54, 1.807) is 6.07 Å². The van der Waals surface area contributed by atoms with E-state index in [1.807, 2.05) is 0 Å². The van der Waals surface area contributed by atoms with Crippen LogP contribution in [-0.4, -0.2) is 31.1 Å². The van der Waals surface area contributed by atoms with Crippen molar-refractivity contribution in [2.75, 3.05) is 26.2 Å². The molecule has 2 fully saturated rings. The number of hydrogen-bond acceptors (Lipinski definition) is 2. The van der Waals surface area contributed by atoms with Gasteiger partial charge in [-0.2, -0.15) is 13.2 Å². The summed E-state index contributed by atoms with van der Waals surface area (Å²) in [5.74, 6) is 0.277. The van der Waals surface area contributed by atoms with Gasteiger partial charge in [0.05, 0.1) is 5.56 Å². The summed E-state index contributed by atoms with van der Waals surface area (Å²) in [4.78, 5) is 2.18. The number of piperazine rings is 1. The number of benzene rings is 1. The number of nitrogens with one attached hydrogen (secondary N) is 1. The van der Waals surface area contributed by atoms with Crippen LogP contribution in [0.1, 0.15) is 36.4 Å². The van der Waals surface area contributed by atoms with Gasteiger partial charge in [-0.3, -0.25) is 4.90 Å². The zero-order valence-electron chi connectivity index (χ0n) is 12.7. The summed E-state index contributed by atoms with van der Waals surface area (Å²) in [5.41, 5.74) is -0.293. The van der Waals surface area contributed by atoms with E-state index < -0.39 is 11.7 Å². The van der Waals surface area contributed by atoms with Crippen molar-refractivity contribution >= 4 is 24.0 Å². The largest absolute Gasteiger partial charge is 0.416 e. The fraction of sp³-hybridized carbons (Fsp3) is 0.625. The molecule has 1 aliphatic carbocycles. The molecule has 23 heavy (non-hydrogen) atoms. The third-order valence-corrected chi connectivity index (χ3v) is 5.13. The topological polar surface area (TPSA) is 15.3 Å². The van der Waals surface area contributed by atoms with E-state index in [0.717, 1.165) is 51.5 Å². The third-order valence-electron chi connectivity index (χ3n) is 4.80. The first kappa shape index (κ1) is 18.8. The highest BCUT2D eigenvalue weighted by molar-refractivity contribution is 6.31. The molecule has 1 saturated carbocycles. The molecule has 1 aromatic carbocycles. The van der Waals surface area contributed by atoms with Crippen LogP contribution in [0, 0.1) is 5.92 Å². The molecule has 2 nitrogen and oxygen atoms in total. The highest BCUT2D eigenvalue weighted by atomic mass is 35.5. The Balaban J connectivity index is 0.00000192. The zero-order chi connectivity index (χ0) is 15.7. The van der Waals surface area contributed by atoms with Gasteiger partial charge < -0.3 is 5.32 Å². The molecule has 3 rings (SSSR count). The fourth-order valence-corrected chi connectivity index (χ4v) is 3.80. The van der Waals surface area contributed by atoms with Gasteiger partial charge in [0.1, 0.15) is 0 Å². The van der Waals surface area contributed by atoms with E-state index in [4.69, 9.17) is 11.6 Å². The van der Waals surface area contributed by atoms with Crippen molar-refractivity contribution in [3.05, 3.63) is 34.3 Å². The predicted octanol–water partition coefficient (Wildman–Crippen LogP) is 4.53. The predicted molar refractivity (Wildman–Crippen MR) is 88.2 cm³/mol. The third kappa shape index (κ3) is 3.95. The first-order chi connectivity index (χ1) is 10.5. The van der Waals surface area contributed by atoms with Crippen LogP contribution >= 0.6 is 24.0 Å². The highest BCUT2D eigenvalue weighted by Gasteiger charge is 2.41. The molecule has 130 valence electrons. The molecule has 1 atom stereocenters. The van der Waals surface area contributed by atoms with Crippen molar-refractivity contribution in [3.63, 3.8) is 0 Å².